The van der Waals surface area contributed by atoms with Crippen molar-refractivity contribution in [2.75, 3.05) is 81.7 Å². The quantitative estimate of drug-likeness (QED) is 0.559. The SMILES string of the molecule is COc1ccc(C=Cc2nc(N3CCOCC3)c(N)c(N3CCN(CC(=O)OC(C)(C)C)CC3)n2)cc1. The van der Waals surface area contributed by atoms with E-state index in [2.05, 4.69) is 14.7 Å². The fourth-order valence-electron chi connectivity index (χ4n) is 4.35. The number of piperazine rings is 1. The van der Waals surface area contributed by atoms with E-state index in [0.29, 0.717) is 50.9 Å². The maximum Gasteiger partial charge on any atom is 0.320 e. The van der Waals surface area contributed by atoms with E-state index in [1.165, 1.54) is 0 Å². The first-order valence-corrected chi connectivity index (χ1v) is 12.7. The van der Waals surface area contributed by atoms with Gasteiger partial charge in [-0.2, -0.15) is 0 Å². The average Bonchev–Trinajstić information content (AvgIpc) is 2.88. The molecule has 2 fully saturated rings. The molecule has 0 amide bonds. The summed E-state index contributed by atoms with van der Waals surface area (Å²) >= 11 is 0. The zero-order chi connectivity index (χ0) is 26.4. The van der Waals surface area contributed by atoms with Gasteiger partial charge >= 0.3 is 5.97 Å². The molecule has 10 nitrogen and oxygen atoms in total. The summed E-state index contributed by atoms with van der Waals surface area (Å²) in [4.78, 5) is 28.4. The van der Waals surface area contributed by atoms with Gasteiger partial charge in [-0.3, -0.25) is 9.69 Å². The number of nitrogen functional groups attached to an aromatic ring is 1. The van der Waals surface area contributed by atoms with E-state index in [1.54, 1.807) is 7.11 Å². The molecule has 200 valence electrons. The van der Waals surface area contributed by atoms with E-state index in [1.807, 2.05) is 57.2 Å². The molecule has 0 atom stereocenters. The minimum atomic E-state index is -0.486. The molecular formula is C27H38N6O4. The smallest absolute Gasteiger partial charge is 0.320 e. The molecule has 4 rings (SSSR count). The van der Waals surface area contributed by atoms with Gasteiger partial charge in [-0.15, -0.1) is 0 Å². The third-order valence-electron chi connectivity index (χ3n) is 6.22. The second kappa shape index (κ2) is 11.8. The Bertz CT molecular complexity index is 1090. The van der Waals surface area contributed by atoms with Gasteiger partial charge in [-0.05, 0) is 44.5 Å². The van der Waals surface area contributed by atoms with Crippen molar-refractivity contribution in [3.8, 4) is 5.75 Å². The molecule has 1 aromatic carbocycles. The van der Waals surface area contributed by atoms with Crippen molar-refractivity contribution in [1.29, 1.82) is 0 Å². The molecule has 2 N–H and O–H groups in total. The second-order valence-corrected chi connectivity index (χ2v) is 10.2. The maximum atomic E-state index is 12.3. The van der Waals surface area contributed by atoms with Gasteiger partial charge in [0.1, 0.15) is 17.0 Å². The van der Waals surface area contributed by atoms with Gasteiger partial charge < -0.3 is 29.7 Å². The van der Waals surface area contributed by atoms with Gasteiger partial charge in [0.25, 0.3) is 0 Å². The molecule has 3 heterocycles. The number of ether oxygens (including phenoxy) is 3. The summed E-state index contributed by atoms with van der Waals surface area (Å²) in [7, 11) is 1.65. The average molecular weight is 511 g/mol. The first kappa shape index (κ1) is 26.7. The minimum absolute atomic E-state index is 0.206. The van der Waals surface area contributed by atoms with Crippen LogP contribution in [0.15, 0.2) is 24.3 Å². The molecular weight excluding hydrogens is 472 g/mol. The lowest BCUT2D eigenvalue weighted by atomic mass is 10.2. The summed E-state index contributed by atoms with van der Waals surface area (Å²) in [6.45, 7) is 11.5. The van der Waals surface area contributed by atoms with E-state index in [4.69, 9.17) is 29.9 Å². The first-order chi connectivity index (χ1) is 17.7. The van der Waals surface area contributed by atoms with Crippen LogP contribution in [0, 0.1) is 0 Å². The summed E-state index contributed by atoms with van der Waals surface area (Å²) in [6.07, 6.45) is 3.89. The second-order valence-electron chi connectivity index (χ2n) is 10.2. The molecule has 2 aromatic rings. The number of rotatable bonds is 7. The van der Waals surface area contributed by atoms with E-state index in [0.717, 1.165) is 36.0 Å². The highest BCUT2D eigenvalue weighted by Crippen LogP contribution is 2.32. The highest BCUT2D eigenvalue weighted by Gasteiger charge is 2.27. The minimum Gasteiger partial charge on any atom is -0.497 e. The molecule has 2 aliphatic heterocycles. The third-order valence-corrected chi connectivity index (χ3v) is 6.22. The lowest BCUT2D eigenvalue weighted by Gasteiger charge is -2.36. The lowest BCUT2D eigenvalue weighted by molar-refractivity contribution is -0.156. The lowest BCUT2D eigenvalue weighted by Crippen LogP contribution is -2.49. The number of hydrogen-bond donors (Lipinski definition) is 1. The molecule has 2 saturated heterocycles. The molecule has 10 heteroatoms. The van der Waals surface area contributed by atoms with Crippen molar-refractivity contribution in [2.45, 2.75) is 26.4 Å². The van der Waals surface area contributed by atoms with Crippen LogP contribution >= 0.6 is 0 Å². The summed E-state index contributed by atoms with van der Waals surface area (Å²) in [5.74, 6) is 2.66. The Morgan fingerprint density at radius 3 is 2.14 bits per heavy atom. The van der Waals surface area contributed by atoms with Crippen LogP contribution in [0.5, 0.6) is 5.75 Å². The predicted octanol–water partition coefficient (Wildman–Crippen LogP) is 2.54. The largest absolute Gasteiger partial charge is 0.497 e. The van der Waals surface area contributed by atoms with Crippen LogP contribution in [0.4, 0.5) is 17.3 Å². The van der Waals surface area contributed by atoms with Gasteiger partial charge in [0.2, 0.25) is 0 Å². The number of aromatic nitrogens is 2. The molecule has 0 spiro atoms. The van der Waals surface area contributed by atoms with Gasteiger partial charge in [-0.1, -0.05) is 18.2 Å². The van der Waals surface area contributed by atoms with Crippen molar-refractivity contribution in [1.82, 2.24) is 14.9 Å². The van der Waals surface area contributed by atoms with Crippen molar-refractivity contribution in [3.63, 3.8) is 0 Å². The summed E-state index contributed by atoms with van der Waals surface area (Å²) < 4.78 is 16.3. The summed E-state index contributed by atoms with van der Waals surface area (Å²) in [5.41, 5.74) is 7.77. The molecule has 0 bridgehead atoms. The first-order valence-electron chi connectivity index (χ1n) is 12.7. The fourth-order valence-corrected chi connectivity index (χ4v) is 4.35. The maximum absolute atomic E-state index is 12.3. The van der Waals surface area contributed by atoms with E-state index < -0.39 is 5.60 Å². The van der Waals surface area contributed by atoms with E-state index >= 15 is 0 Å². The van der Waals surface area contributed by atoms with Crippen molar-refractivity contribution >= 4 is 35.4 Å². The van der Waals surface area contributed by atoms with Gasteiger partial charge in [0, 0.05) is 39.3 Å². The van der Waals surface area contributed by atoms with Crippen molar-refractivity contribution in [3.05, 3.63) is 35.7 Å². The number of nitrogens with zero attached hydrogens (tertiary/aromatic N) is 5. The summed E-state index contributed by atoms with van der Waals surface area (Å²) in [5, 5.41) is 0. The standard InChI is InChI=1S/C27H38N6O4/c1-27(2,3)37-23(34)19-31-11-13-32(14-12-31)25-24(28)26(33-15-17-36-18-16-33)30-22(29-25)10-7-20-5-8-21(35-4)9-6-20/h5-10H,11-19,28H2,1-4H3. The van der Waals surface area contributed by atoms with E-state index in [9.17, 15) is 4.79 Å². The van der Waals surface area contributed by atoms with Crippen LogP contribution in [0.1, 0.15) is 32.2 Å². The zero-order valence-corrected chi connectivity index (χ0v) is 22.3. The van der Waals surface area contributed by atoms with Crippen LogP contribution in [-0.2, 0) is 14.3 Å². The number of carbonyl (C=O) groups is 1. The Balaban J connectivity index is 1.52. The van der Waals surface area contributed by atoms with Crippen LogP contribution in [0.25, 0.3) is 12.2 Å². The molecule has 0 unspecified atom stereocenters. The topological polar surface area (TPSA) is 106 Å². The number of benzene rings is 1. The zero-order valence-electron chi connectivity index (χ0n) is 22.3. The molecule has 0 radical (unpaired) electrons. The Kier molecular flexibility index (Phi) is 8.50. The van der Waals surface area contributed by atoms with Crippen molar-refractivity contribution in [2.24, 2.45) is 0 Å². The fraction of sp³-hybridized carbons (Fsp3) is 0.519. The Labute approximate surface area is 219 Å². The van der Waals surface area contributed by atoms with Crippen LogP contribution in [0.2, 0.25) is 0 Å². The Morgan fingerprint density at radius 2 is 1.57 bits per heavy atom. The van der Waals surface area contributed by atoms with Crippen molar-refractivity contribution < 1.29 is 19.0 Å². The normalized spacial score (nSPS) is 17.3. The Hall–Kier alpha value is -3.37. The van der Waals surface area contributed by atoms with Crippen LogP contribution < -0.4 is 20.3 Å². The third kappa shape index (κ3) is 7.33. The highest BCUT2D eigenvalue weighted by atomic mass is 16.6. The molecule has 1 aromatic heterocycles. The molecule has 2 aliphatic rings. The molecule has 0 aliphatic carbocycles. The number of methoxy groups -OCH3 is 1. The Morgan fingerprint density at radius 1 is 0.973 bits per heavy atom. The van der Waals surface area contributed by atoms with Gasteiger partial charge in [-0.25, -0.2) is 9.97 Å². The number of nitrogens with two attached hydrogens (primary N) is 1. The molecule has 37 heavy (non-hydrogen) atoms. The predicted molar refractivity (Wildman–Crippen MR) is 146 cm³/mol. The number of esters is 1. The number of morpholine rings is 1. The monoisotopic (exact) mass is 510 g/mol. The number of hydrogen-bond acceptors (Lipinski definition) is 10. The highest BCUT2D eigenvalue weighted by molar-refractivity contribution is 5.79. The van der Waals surface area contributed by atoms with E-state index in [-0.39, 0.29) is 12.5 Å². The molecule has 0 saturated carbocycles. The van der Waals surface area contributed by atoms with Gasteiger partial charge in [0.05, 0.1) is 26.9 Å². The number of carbonyl (C=O) groups excluding carboxylic acids is 1. The number of anilines is 3. The van der Waals surface area contributed by atoms with Gasteiger partial charge in [0.15, 0.2) is 17.5 Å². The summed E-state index contributed by atoms with van der Waals surface area (Å²) in [6, 6.07) is 7.82. The van der Waals surface area contributed by atoms with Crippen LogP contribution in [0.3, 0.4) is 0 Å². The van der Waals surface area contributed by atoms with Crippen LogP contribution in [-0.4, -0.2) is 92.6 Å².